The molecule has 1 N–H and O–H groups in total. The Morgan fingerprint density at radius 1 is 1.19 bits per heavy atom. The normalized spacial score (nSPS) is 14.3. The van der Waals surface area contributed by atoms with Crippen molar-refractivity contribution in [3.63, 3.8) is 0 Å². The molecule has 4 heteroatoms. The van der Waals surface area contributed by atoms with Gasteiger partial charge in [-0.1, -0.05) is 36.4 Å². The minimum absolute atomic E-state index is 0.0106. The summed E-state index contributed by atoms with van der Waals surface area (Å²) in [6.45, 7) is 0.560. The molecule has 0 radical (unpaired) electrons. The Labute approximate surface area is 154 Å². The first-order valence-electron chi connectivity index (χ1n) is 8.92. The van der Waals surface area contributed by atoms with Gasteiger partial charge in [-0.15, -0.1) is 0 Å². The number of carbonyl (C=O) groups is 1. The van der Waals surface area contributed by atoms with Crippen LogP contribution in [-0.2, 0) is 22.6 Å². The van der Waals surface area contributed by atoms with Crippen molar-refractivity contribution in [3.8, 4) is 11.5 Å². The van der Waals surface area contributed by atoms with Crippen LogP contribution in [0.4, 0.5) is 0 Å². The summed E-state index contributed by atoms with van der Waals surface area (Å²) in [6.07, 6.45) is 7.48. The van der Waals surface area contributed by atoms with Gasteiger partial charge >= 0.3 is 0 Å². The molecule has 0 amide bonds. The van der Waals surface area contributed by atoms with Crippen LogP contribution < -0.4 is 4.74 Å². The first-order chi connectivity index (χ1) is 12.7. The lowest BCUT2D eigenvalue weighted by Gasteiger charge is -2.26. The lowest BCUT2D eigenvalue weighted by atomic mass is 9.96. The van der Waals surface area contributed by atoms with Gasteiger partial charge in [0.1, 0.15) is 0 Å². The second kappa shape index (κ2) is 8.68. The van der Waals surface area contributed by atoms with E-state index >= 15 is 0 Å². The average molecular weight is 352 g/mol. The lowest BCUT2D eigenvalue weighted by Crippen LogP contribution is -2.21. The Balaban J connectivity index is 1.61. The topological polar surface area (TPSA) is 55.8 Å². The van der Waals surface area contributed by atoms with Gasteiger partial charge in [0.05, 0.1) is 19.8 Å². The van der Waals surface area contributed by atoms with Crippen LogP contribution in [-0.4, -0.2) is 24.1 Å². The summed E-state index contributed by atoms with van der Waals surface area (Å²) in [6, 6.07) is 13.0. The molecule has 1 fully saturated rings. The average Bonchev–Trinajstić information content (AvgIpc) is 2.60. The molecule has 0 unspecified atom stereocenters. The number of carbonyl (C=O) groups excluding carboxylic acids is 1. The number of benzene rings is 2. The van der Waals surface area contributed by atoms with Crippen molar-refractivity contribution in [3.05, 3.63) is 65.2 Å². The second-order valence-corrected chi connectivity index (χ2v) is 6.54. The van der Waals surface area contributed by atoms with Crippen LogP contribution in [0.5, 0.6) is 11.5 Å². The largest absolute Gasteiger partial charge is 0.504 e. The van der Waals surface area contributed by atoms with Crippen LogP contribution in [0.25, 0.3) is 6.08 Å². The summed E-state index contributed by atoms with van der Waals surface area (Å²) in [4.78, 5) is 12.3. The fourth-order valence-corrected chi connectivity index (χ4v) is 2.86. The number of hydrogen-bond donors (Lipinski definition) is 1. The van der Waals surface area contributed by atoms with Gasteiger partial charge in [-0.2, -0.15) is 0 Å². The third-order valence-corrected chi connectivity index (χ3v) is 4.67. The molecule has 0 spiro atoms. The lowest BCUT2D eigenvalue weighted by molar-refractivity contribution is -0.114. The molecular weight excluding hydrogens is 328 g/mol. The Morgan fingerprint density at radius 3 is 2.62 bits per heavy atom. The molecule has 0 heterocycles. The minimum Gasteiger partial charge on any atom is -0.504 e. The molecule has 1 aliphatic carbocycles. The van der Waals surface area contributed by atoms with E-state index in [1.54, 1.807) is 30.4 Å². The third-order valence-electron chi connectivity index (χ3n) is 4.67. The summed E-state index contributed by atoms with van der Waals surface area (Å²) in [7, 11) is 1.50. The summed E-state index contributed by atoms with van der Waals surface area (Å²) >= 11 is 0. The molecule has 4 nitrogen and oxygen atoms in total. The van der Waals surface area contributed by atoms with Crippen LogP contribution >= 0.6 is 0 Å². The van der Waals surface area contributed by atoms with Crippen LogP contribution in [0.15, 0.2) is 48.5 Å². The van der Waals surface area contributed by atoms with Gasteiger partial charge in [0.25, 0.3) is 0 Å². The monoisotopic (exact) mass is 352 g/mol. The molecule has 0 atom stereocenters. The van der Waals surface area contributed by atoms with Crippen molar-refractivity contribution in [2.45, 2.75) is 38.4 Å². The van der Waals surface area contributed by atoms with Crippen molar-refractivity contribution in [1.82, 2.24) is 0 Å². The van der Waals surface area contributed by atoms with E-state index in [2.05, 4.69) is 0 Å². The highest BCUT2D eigenvalue weighted by atomic mass is 16.5. The Kier molecular flexibility index (Phi) is 6.08. The number of hydrogen-bond acceptors (Lipinski definition) is 4. The number of ether oxygens (including phenoxy) is 2. The molecule has 2 aromatic rings. The third kappa shape index (κ3) is 4.73. The number of phenols is 1. The van der Waals surface area contributed by atoms with Crippen molar-refractivity contribution in [2.24, 2.45) is 0 Å². The maximum absolute atomic E-state index is 12.3. The van der Waals surface area contributed by atoms with Crippen molar-refractivity contribution in [2.75, 3.05) is 7.11 Å². The second-order valence-electron chi connectivity index (χ2n) is 6.54. The first-order valence-corrected chi connectivity index (χ1v) is 8.92. The highest BCUT2D eigenvalue weighted by molar-refractivity contribution is 5.95. The maximum Gasteiger partial charge on any atom is 0.160 e. The molecule has 0 aliphatic heterocycles. The van der Waals surface area contributed by atoms with Gasteiger partial charge in [-0.3, -0.25) is 4.79 Å². The quantitative estimate of drug-likeness (QED) is 0.720. The van der Waals surface area contributed by atoms with Gasteiger partial charge in [0.15, 0.2) is 17.3 Å². The fourth-order valence-electron chi connectivity index (χ4n) is 2.86. The smallest absolute Gasteiger partial charge is 0.160 e. The van der Waals surface area contributed by atoms with Crippen molar-refractivity contribution < 1.29 is 19.4 Å². The molecule has 0 bridgehead atoms. The van der Waals surface area contributed by atoms with Crippen molar-refractivity contribution >= 4 is 11.9 Å². The summed E-state index contributed by atoms with van der Waals surface area (Å²) in [5.41, 5.74) is 2.82. The minimum atomic E-state index is 0.0106. The Bertz CT molecular complexity index is 790. The molecule has 3 rings (SSSR count). The Morgan fingerprint density at radius 2 is 1.96 bits per heavy atom. The van der Waals surface area contributed by atoms with Gasteiger partial charge in [-0.05, 0) is 54.2 Å². The summed E-state index contributed by atoms with van der Waals surface area (Å²) in [5, 5.41) is 9.80. The van der Waals surface area contributed by atoms with E-state index in [0.29, 0.717) is 24.9 Å². The molecule has 0 saturated heterocycles. The van der Waals surface area contributed by atoms with E-state index in [1.165, 1.54) is 13.5 Å². The number of allylic oxidation sites excluding steroid dienone is 1. The standard InChI is InChI=1S/C22H24O4/c1-25-22-12-10-16(13-21(22)24)9-11-19(23)14-17-5-2-3-6-18(17)15-26-20-7-4-8-20/h2-3,5-6,9-13,20,24H,4,7-8,14-15H2,1H3/b11-9+. The highest BCUT2D eigenvalue weighted by Crippen LogP contribution is 2.27. The van der Waals surface area contributed by atoms with Gasteiger partial charge in [0.2, 0.25) is 0 Å². The molecule has 2 aromatic carbocycles. The van der Waals surface area contributed by atoms with Crippen molar-refractivity contribution in [1.29, 1.82) is 0 Å². The van der Waals surface area contributed by atoms with E-state index in [4.69, 9.17) is 9.47 Å². The number of ketones is 1. The molecule has 26 heavy (non-hydrogen) atoms. The number of phenolic OH excluding ortho intramolecular Hbond substituents is 1. The molecular formula is C22H24O4. The van der Waals surface area contributed by atoms with E-state index in [1.807, 2.05) is 24.3 Å². The summed E-state index contributed by atoms with van der Waals surface area (Å²) in [5.74, 6) is 0.478. The van der Waals surface area contributed by atoms with Gasteiger partial charge < -0.3 is 14.6 Å². The number of methoxy groups -OCH3 is 1. The van der Waals surface area contributed by atoms with Gasteiger partial charge in [-0.25, -0.2) is 0 Å². The van der Waals surface area contributed by atoms with E-state index in [9.17, 15) is 9.90 Å². The predicted octanol–water partition coefficient (Wildman–Crippen LogP) is 4.29. The van der Waals surface area contributed by atoms with Gasteiger partial charge in [0, 0.05) is 6.42 Å². The van der Waals surface area contributed by atoms with E-state index < -0.39 is 0 Å². The van der Waals surface area contributed by atoms with Crippen LogP contribution in [0.1, 0.15) is 36.0 Å². The number of aromatic hydroxyl groups is 1. The molecule has 0 aromatic heterocycles. The first kappa shape index (κ1) is 18.2. The van der Waals surface area contributed by atoms with Crippen LogP contribution in [0, 0.1) is 0 Å². The zero-order chi connectivity index (χ0) is 18.4. The highest BCUT2D eigenvalue weighted by Gasteiger charge is 2.18. The van der Waals surface area contributed by atoms with E-state index in [0.717, 1.165) is 29.5 Å². The van der Waals surface area contributed by atoms with E-state index in [-0.39, 0.29) is 11.5 Å². The zero-order valence-corrected chi connectivity index (χ0v) is 15.0. The number of rotatable bonds is 8. The van der Waals surface area contributed by atoms with Crippen LogP contribution in [0.2, 0.25) is 0 Å². The molecule has 136 valence electrons. The molecule has 1 aliphatic rings. The maximum atomic E-state index is 12.3. The fraction of sp³-hybridized carbons (Fsp3) is 0.318. The summed E-state index contributed by atoms with van der Waals surface area (Å²) < 4.78 is 10.9. The SMILES string of the molecule is COc1ccc(/C=C/C(=O)Cc2ccccc2COC2CCC2)cc1O. The zero-order valence-electron chi connectivity index (χ0n) is 15.0. The molecule has 1 saturated carbocycles. The van der Waals surface area contributed by atoms with Crippen LogP contribution in [0.3, 0.4) is 0 Å². The predicted molar refractivity (Wildman–Crippen MR) is 101 cm³/mol. The Hall–Kier alpha value is -2.59.